The van der Waals surface area contributed by atoms with Crippen molar-refractivity contribution in [3.8, 4) is 45.4 Å². The van der Waals surface area contributed by atoms with E-state index < -0.39 is 108 Å². The standard InChI is InChI=1S/2C25H26Cl2F2N4O4S.C10H8O6S2/c2*1-3-11-38(35,36)37-24-19(28)12-16(13-20(24)29)23-15(2)22(25(34)31-32-9-5-4-6-10-32)30-33(23)21-8-7-17(26)14-18(21)27;11-17(12,13)9-5-1-3-7-8(9)4-2-6-10(7)18(14,15)16/h2*7-8,12-14H,3-6,9-11H2,1-2H3,(H,31,34);1-6H,(H,11,12,13)(H,14,15,16). The number of nitrogens with one attached hydrogen (secondary N) is 2. The average Bonchev–Trinajstić information content (AvgIpc) is 1.49. The second kappa shape index (κ2) is 30.4. The molecular formula is C60H60Cl4F4N8O14S4. The zero-order valence-electron chi connectivity index (χ0n) is 50.3. The van der Waals surface area contributed by atoms with Crippen LogP contribution in [0.2, 0.25) is 20.1 Å². The van der Waals surface area contributed by atoms with Crippen LogP contribution in [0.4, 0.5) is 17.6 Å². The van der Waals surface area contributed by atoms with Gasteiger partial charge in [-0.15, -0.1) is 0 Å². The molecule has 2 aromatic heterocycles. The topological polar surface area (TPSA) is 296 Å². The zero-order valence-corrected chi connectivity index (χ0v) is 56.6. The van der Waals surface area contributed by atoms with E-state index in [1.165, 1.54) is 45.8 Å². The number of hydrazine groups is 2. The van der Waals surface area contributed by atoms with Crippen molar-refractivity contribution in [1.29, 1.82) is 0 Å². The summed E-state index contributed by atoms with van der Waals surface area (Å²) in [7, 11) is -17.3. The number of amides is 2. The minimum atomic E-state index is -4.47. The number of aromatic nitrogens is 4. The Morgan fingerprint density at radius 3 is 1.14 bits per heavy atom. The fourth-order valence-corrected chi connectivity index (χ4v) is 14.6. The number of piperidine rings is 2. The molecule has 0 bridgehead atoms. The molecule has 2 amide bonds. The van der Waals surface area contributed by atoms with Gasteiger partial charge < -0.3 is 8.37 Å². The van der Waals surface area contributed by atoms with Gasteiger partial charge in [0.2, 0.25) is 11.5 Å². The van der Waals surface area contributed by atoms with Crippen molar-refractivity contribution >= 4 is 109 Å². The maximum Gasteiger partial charge on any atom is 0.309 e. The van der Waals surface area contributed by atoms with Crippen LogP contribution in [0.1, 0.15) is 97.3 Å². The average molecular weight is 1460 g/mol. The first-order chi connectivity index (χ1) is 44.2. The predicted octanol–water partition coefficient (Wildman–Crippen LogP) is 12.7. The summed E-state index contributed by atoms with van der Waals surface area (Å²) in [6.45, 7) is 9.17. The van der Waals surface area contributed by atoms with E-state index in [-0.39, 0.29) is 67.6 Å². The Kier molecular flexibility index (Phi) is 23.6. The number of nitrogens with zero attached hydrogens (tertiary/aromatic N) is 6. The molecule has 0 spiro atoms. The quantitative estimate of drug-likeness (QED) is 0.0352. The van der Waals surface area contributed by atoms with E-state index in [2.05, 4.69) is 21.0 Å². The molecule has 0 atom stereocenters. The molecular weight excluding hydrogens is 1400 g/mol. The number of hydrogen-bond donors (Lipinski definition) is 4. The summed E-state index contributed by atoms with van der Waals surface area (Å²) in [4.78, 5) is 25.6. The van der Waals surface area contributed by atoms with E-state index >= 15 is 17.6 Å². The van der Waals surface area contributed by atoms with Crippen LogP contribution < -0.4 is 19.2 Å². The number of benzene rings is 6. The molecule has 22 nitrogen and oxygen atoms in total. The first-order valence-electron chi connectivity index (χ1n) is 28.7. The Balaban J connectivity index is 0.000000192. The Morgan fingerprint density at radius 2 is 0.840 bits per heavy atom. The van der Waals surface area contributed by atoms with Crippen LogP contribution in [-0.4, -0.2) is 122 Å². The van der Waals surface area contributed by atoms with Crippen molar-refractivity contribution in [2.24, 2.45) is 0 Å². The van der Waals surface area contributed by atoms with Crippen molar-refractivity contribution in [1.82, 2.24) is 40.4 Å². The summed E-state index contributed by atoms with van der Waals surface area (Å²) in [6, 6.07) is 20.4. The summed E-state index contributed by atoms with van der Waals surface area (Å²) in [5, 5.41) is 13.7. The molecule has 0 saturated carbocycles. The van der Waals surface area contributed by atoms with E-state index in [4.69, 9.17) is 63.9 Å². The summed E-state index contributed by atoms with van der Waals surface area (Å²) in [5.41, 5.74) is 7.39. The van der Waals surface area contributed by atoms with E-state index in [9.17, 15) is 43.3 Å². The molecule has 6 aromatic carbocycles. The Labute approximate surface area is 559 Å². The second-order valence-electron chi connectivity index (χ2n) is 21.4. The zero-order chi connectivity index (χ0) is 68.8. The van der Waals surface area contributed by atoms with Crippen molar-refractivity contribution in [2.75, 3.05) is 37.7 Å². The minimum Gasteiger partial charge on any atom is -0.376 e. The number of carbonyl (C=O) groups is 2. The van der Waals surface area contributed by atoms with Gasteiger partial charge in [0.15, 0.2) is 34.7 Å². The number of hydrogen-bond acceptors (Lipinski definition) is 16. The lowest BCUT2D eigenvalue weighted by Gasteiger charge is -2.26. The second-order valence-corrected chi connectivity index (χ2v) is 29.3. The molecule has 2 aliphatic rings. The van der Waals surface area contributed by atoms with Gasteiger partial charge in [-0.1, -0.05) is 97.4 Å². The third kappa shape index (κ3) is 17.6. The first-order valence-corrected chi connectivity index (χ1v) is 36.3. The van der Waals surface area contributed by atoms with Gasteiger partial charge in [0.25, 0.3) is 32.1 Å². The highest BCUT2D eigenvalue weighted by atomic mass is 35.5. The smallest absolute Gasteiger partial charge is 0.309 e. The minimum absolute atomic E-state index is 0.00622. The lowest BCUT2D eigenvalue weighted by molar-refractivity contribution is 0.0736. The number of rotatable bonds is 18. The van der Waals surface area contributed by atoms with Crippen LogP contribution in [0.15, 0.2) is 107 Å². The maximum atomic E-state index is 15.1. The van der Waals surface area contributed by atoms with Crippen molar-refractivity contribution in [3.05, 3.63) is 163 Å². The highest BCUT2D eigenvalue weighted by molar-refractivity contribution is 7.87. The van der Waals surface area contributed by atoms with E-state index in [0.29, 0.717) is 58.7 Å². The predicted molar refractivity (Wildman–Crippen MR) is 346 cm³/mol. The largest absolute Gasteiger partial charge is 0.376 e. The lowest BCUT2D eigenvalue weighted by Crippen LogP contribution is -2.45. The normalized spacial score (nSPS) is 14.1. The van der Waals surface area contributed by atoms with Crippen LogP contribution in [0, 0.1) is 37.1 Å². The van der Waals surface area contributed by atoms with E-state index in [1.807, 2.05) is 0 Å². The molecule has 0 unspecified atom stereocenters. The molecule has 2 saturated heterocycles. The molecule has 0 aliphatic carbocycles. The molecule has 2 fully saturated rings. The lowest BCUT2D eigenvalue weighted by atomic mass is 10.1. The van der Waals surface area contributed by atoms with Gasteiger partial charge in [-0.25, -0.2) is 36.9 Å². The van der Waals surface area contributed by atoms with E-state index in [1.54, 1.807) is 62.0 Å². The first kappa shape index (κ1) is 72.9. The molecule has 10 rings (SSSR count). The Hall–Kier alpha value is -6.94. The van der Waals surface area contributed by atoms with Gasteiger partial charge in [-0.05, 0) is 125 Å². The molecule has 4 heterocycles. The van der Waals surface area contributed by atoms with E-state index in [0.717, 1.165) is 74.9 Å². The van der Waals surface area contributed by atoms with Gasteiger partial charge >= 0.3 is 20.2 Å². The van der Waals surface area contributed by atoms with Crippen LogP contribution in [0.25, 0.3) is 44.7 Å². The monoisotopic (exact) mass is 1460 g/mol. The summed E-state index contributed by atoms with van der Waals surface area (Å²) in [5.74, 6) is -8.74. The highest BCUT2D eigenvalue weighted by Crippen LogP contribution is 2.39. The van der Waals surface area contributed by atoms with Crippen molar-refractivity contribution < 1.29 is 78.3 Å². The molecule has 94 heavy (non-hydrogen) atoms. The van der Waals surface area contributed by atoms with Gasteiger partial charge in [-0.2, -0.15) is 43.9 Å². The summed E-state index contributed by atoms with van der Waals surface area (Å²) in [6.07, 6.45) is 6.37. The molecule has 4 N–H and O–H groups in total. The van der Waals surface area contributed by atoms with Gasteiger partial charge in [0.1, 0.15) is 9.79 Å². The molecule has 504 valence electrons. The highest BCUT2D eigenvalue weighted by Gasteiger charge is 2.31. The Morgan fingerprint density at radius 1 is 0.511 bits per heavy atom. The summed E-state index contributed by atoms with van der Waals surface area (Å²) >= 11 is 24.9. The van der Waals surface area contributed by atoms with Gasteiger partial charge in [0, 0.05) is 69.3 Å². The van der Waals surface area contributed by atoms with Crippen molar-refractivity contribution in [2.45, 2.75) is 88.9 Å². The van der Waals surface area contributed by atoms with Crippen LogP contribution in [-0.2, 0) is 40.5 Å². The van der Waals surface area contributed by atoms with Crippen molar-refractivity contribution in [3.63, 3.8) is 0 Å². The molecule has 0 radical (unpaired) electrons. The number of halogens is 8. The Bertz CT molecular complexity index is 4350. The third-order valence-electron chi connectivity index (χ3n) is 14.5. The number of carbonyl (C=O) groups excluding carboxylic acids is 2. The fourth-order valence-electron chi connectivity index (χ4n) is 10.3. The van der Waals surface area contributed by atoms with Crippen LogP contribution >= 0.6 is 46.4 Å². The molecule has 34 heteroatoms. The summed E-state index contributed by atoms with van der Waals surface area (Å²) < 4.78 is 183. The maximum absolute atomic E-state index is 15.1. The van der Waals surface area contributed by atoms with Crippen LogP contribution in [0.3, 0.4) is 0 Å². The van der Waals surface area contributed by atoms with Gasteiger partial charge in [-0.3, -0.25) is 29.5 Å². The fraction of sp³-hybridized carbons (Fsp3) is 0.300. The molecule has 8 aromatic rings. The third-order valence-corrected chi connectivity index (χ3v) is 20.0. The number of fused-ring (bicyclic) bond motifs is 1. The molecule has 2 aliphatic heterocycles. The van der Waals surface area contributed by atoms with Gasteiger partial charge in [0.05, 0.1) is 44.3 Å². The SMILES string of the molecule is CCCS(=O)(=O)Oc1c(F)cc(-c2c(C)c(C(=O)NN3CCCCC3)nn2-c2ccc(Cl)cc2Cl)cc1F.CCCS(=O)(=O)Oc1c(F)cc(-c2c(C)c(C(=O)NN3CCCCC3)nn2-c2ccc(Cl)cc2Cl)cc1F.O=S(=O)(O)c1cccc2c(S(=O)(=O)O)cccc12. The van der Waals surface area contributed by atoms with Crippen LogP contribution in [0.5, 0.6) is 11.5 Å².